The van der Waals surface area contributed by atoms with E-state index in [1.54, 1.807) is 0 Å². The van der Waals surface area contributed by atoms with Gasteiger partial charge < -0.3 is 11.1 Å². The molecular weight excluding hydrogens is 192 g/mol. The molecule has 1 rings (SSSR count). The largest absolute Gasteiger partial charge is 0.330 e. The molecule has 1 fully saturated rings. The lowest BCUT2D eigenvalue weighted by molar-refractivity contribution is 0.417. The van der Waals surface area contributed by atoms with Gasteiger partial charge in [0.1, 0.15) is 0 Å². The van der Waals surface area contributed by atoms with Crippen molar-refractivity contribution in [3.05, 3.63) is 0 Å². The minimum atomic E-state index is 0.702. The van der Waals surface area contributed by atoms with E-state index in [0.717, 1.165) is 24.3 Å². The smallest absolute Gasteiger partial charge is 0.0108 e. The summed E-state index contributed by atoms with van der Waals surface area (Å²) in [5.41, 5.74) is 5.73. The summed E-state index contributed by atoms with van der Waals surface area (Å²) in [5.74, 6) is 1.96. The monoisotopic (exact) mass is 216 g/mol. The zero-order valence-corrected chi connectivity index (χ0v) is 10.3. The van der Waals surface area contributed by atoms with Crippen molar-refractivity contribution in [1.29, 1.82) is 0 Å². The third-order valence-electron chi connectivity index (χ3n) is 2.92. The predicted molar refractivity (Wildman–Crippen MR) is 65.8 cm³/mol. The zero-order chi connectivity index (χ0) is 10.4. The number of nitrogens with one attached hydrogen (secondary N) is 1. The summed E-state index contributed by atoms with van der Waals surface area (Å²) in [6.07, 6.45) is 4.01. The van der Waals surface area contributed by atoms with Crippen molar-refractivity contribution in [3.63, 3.8) is 0 Å². The SMILES string of the molecule is CC(C)SCCNC1CCCC1CN. The summed E-state index contributed by atoms with van der Waals surface area (Å²) in [6, 6.07) is 0.702. The van der Waals surface area contributed by atoms with Crippen molar-refractivity contribution in [2.75, 3.05) is 18.8 Å². The number of thioether (sulfide) groups is 1. The van der Waals surface area contributed by atoms with E-state index in [2.05, 4.69) is 19.2 Å². The molecule has 2 unspecified atom stereocenters. The maximum absolute atomic E-state index is 5.73. The summed E-state index contributed by atoms with van der Waals surface area (Å²) >= 11 is 2.03. The molecule has 3 N–H and O–H groups in total. The molecular formula is C11H24N2S. The van der Waals surface area contributed by atoms with Crippen molar-refractivity contribution in [1.82, 2.24) is 5.32 Å². The Bertz CT molecular complexity index is 150. The summed E-state index contributed by atoms with van der Waals surface area (Å²) < 4.78 is 0. The van der Waals surface area contributed by atoms with Gasteiger partial charge in [-0.1, -0.05) is 20.3 Å². The first-order valence-electron chi connectivity index (χ1n) is 5.79. The Balaban J connectivity index is 2.05. The molecule has 1 aliphatic carbocycles. The van der Waals surface area contributed by atoms with Crippen LogP contribution in [0.15, 0.2) is 0 Å². The van der Waals surface area contributed by atoms with E-state index >= 15 is 0 Å². The summed E-state index contributed by atoms with van der Waals surface area (Å²) in [5, 5.41) is 4.39. The molecule has 0 aliphatic heterocycles. The maximum atomic E-state index is 5.73. The fourth-order valence-electron chi connectivity index (χ4n) is 2.13. The van der Waals surface area contributed by atoms with E-state index < -0.39 is 0 Å². The van der Waals surface area contributed by atoms with E-state index in [0.29, 0.717) is 6.04 Å². The Morgan fingerprint density at radius 3 is 2.86 bits per heavy atom. The van der Waals surface area contributed by atoms with Crippen LogP contribution in [-0.2, 0) is 0 Å². The van der Waals surface area contributed by atoms with Crippen LogP contribution < -0.4 is 11.1 Å². The molecule has 0 spiro atoms. The van der Waals surface area contributed by atoms with Crippen LogP contribution in [0.25, 0.3) is 0 Å². The highest BCUT2D eigenvalue weighted by atomic mass is 32.2. The number of rotatable bonds is 6. The van der Waals surface area contributed by atoms with Crippen LogP contribution >= 0.6 is 11.8 Å². The molecule has 0 heterocycles. The van der Waals surface area contributed by atoms with Gasteiger partial charge >= 0.3 is 0 Å². The van der Waals surface area contributed by atoms with Gasteiger partial charge in [0.2, 0.25) is 0 Å². The Morgan fingerprint density at radius 1 is 1.43 bits per heavy atom. The first-order valence-corrected chi connectivity index (χ1v) is 6.84. The predicted octanol–water partition coefficient (Wildman–Crippen LogP) is 1.84. The lowest BCUT2D eigenvalue weighted by atomic mass is 10.0. The molecule has 0 saturated heterocycles. The standard InChI is InChI=1S/C11H24N2S/c1-9(2)14-7-6-13-11-5-3-4-10(11)8-12/h9-11,13H,3-8,12H2,1-2H3. The van der Waals surface area contributed by atoms with Crippen molar-refractivity contribution < 1.29 is 0 Å². The number of nitrogens with two attached hydrogens (primary N) is 1. The fraction of sp³-hybridized carbons (Fsp3) is 1.00. The maximum Gasteiger partial charge on any atom is 0.0108 e. The van der Waals surface area contributed by atoms with Crippen LogP contribution in [0.1, 0.15) is 33.1 Å². The normalized spacial score (nSPS) is 27.4. The second-order valence-electron chi connectivity index (χ2n) is 4.41. The molecule has 2 atom stereocenters. The lowest BCUT2D eigenvalue weighted by Crippen LogP contribution is -2.37. The summed E-state index contributed by atoms with van der Waals surface area (Å²) in [7, 11) is 0. The average molecular weight is 216 g/mol. The van der Waals surface area contributed by atoms with Crippen LogP contribution in [0.3, 0.4) is 0 Å². The highest BCUT2D eigenvalue weighted by Crippen LogP contribution is 2.24. The van der Waals surface area contributed by atoms with Crippen LogP contribution in [0, 0.1) is 5.92 Å². The summed E-state index contributed by atoms with van der Waals surface area (Å²) in [6.45, 7) is 6.50. The molecule has 0 amide bonds. The highest BCUT2D eigenvalue weighted by molar-refractivity contribution is 7.99. The first-order chi connectivity index (χ1) is 6.74. The minimum absolute atomic E-state index is 0.702. The van der Waals surface area contributed by atoms with Gasteiger partial charge in [-0.3, -0.25) is 0 Å². The van der Waals surface area contributed by atoms with E-state index in [9.17, 15) is 0 Å². The van der Waals surface area contributed by atoms with Crippen molar-refractivity contribution in [3.8, 4) is 0 Å². The van der Waals surface area contributed by atoms with Gasteiger partial charge in [0.25, 0.3) is 0 Å². The van der Waals surface area contributed by atoms with Gasteiger partial charge in [-0.15, -0.1) is 0 Å². The molecule has 1 aliphatic rings. The first kappa shape index (κ1) is 12.3. The third-order valence-corrected chi connectivity index (χ3v) is 4.03. The van der Waals surface area contributed by atoms with Crippen LogP contribution in [-0.4, -0.2) is 30.1 Å². The fourth-order valence-corrected chi connectivity index (χ4v) is 2.83. The Kier molecular flexibility index (Phi) is 5.90. The van der Waals surface area contributed by atoms with Gasteiger partial charge in [-0.25, -0.2) is 0 Å². The van der Waals surface area contributed by atoms with Crippen LogP contribution in [0.5, 0.6) is 0 Å². The lowest BCUT2D eigenvalue weighted by Gasteiger charge is -2.19. The topological polar surface area (TPSA) is 38.0 Å². The van der Waals surface area contributed by atoms with Gasteiger partial charge in [-0.2, -0.15) is 11.8 Å². The van der Waals surface area contributed by atoms with E-state index in [4.69, 9.17) is 5.73 Å². The Morgan fingerprint density at radius 2 is 2.21 bits per heavy atom. The molecule has 0 bridgehead atoms. The second kappa shape index (κ2) is 6.70. The van der Waals surface area contributed by atoms with E-state index in [1.807, 2.05) is 11.8 Å². The molecule has 14 heavy (non-hydrogen) atoms. The van der Waals surface area contributed by atoms with Gasteiger partial charge in [0, 0.05) is 18.3 Å². The van der Waals surface area contributed by atoms with Crippen LogP contribution in [0.2, 0.25) is 0 Å². The Labute approximate surface area is 92.4 Å². The molecule has 2 nitrogen and oxygen atoms in total. The highest BCUT2D eigenvalue weighted by Gasteiger charge is 2.24. The third kappa shape index (κ3) is 4.20. The van der Waals surface area contributed by atoms with E-state index in [-0.39, 0.29) is 0 Å². The molecule has 84 valence electrons. The van der Waals surface area contributed by atoms with Crippen molar-refractivity contribution in [2.24, 2.45) is 11.7 Å². The molecule has 1 saturated carbocycles. The van der Waals surface area contributed by atoms with E-state index in [1.165, 1.54) is 25.0 Å². The number of hydrogen-bond donors (Lipinski definition) is 2. The van der Waals surface area contributed by atoms with Crippen LogP contribution in [0.4, 0.5) is 0 Å². The van der Waals surface area contributed by atoms with Crippen molar-refractivity contribution >= 4 is 11.8 Å². The van der Waals surface area contributed by atoms with Gasteiger partial charge in [0.05, 0.1) is 0 Å². The molecule has 0 aromatic carbocycles. The molecule has 0 aromatic rings. The second-order valence-corrected chi connectivity index (χ2v) is 6.09. The molecule has 0 radical (unpaired) electrons. The minimum Gasteiger partial charge on any atom is -0.330 e. The molecule has 0 aromatic heterocycles. The van der Waals surface area contributed by atoms with Gasteiger partial charge in [-0.05, 0) is 30.6 Å². The van der Waals surface area contributed by atoms with Crippen molar-refractivity contribution in [2.45, 2.75) is 44.4 Å². The molecule has 3 heteroatoms. The zero-order valence-electron chi connectivity index (χ0n) is 9.46. The summed E-state index contributed by atoms with van der Waals surface area (Å²) in [4.78, 5) is 0. The quantitative estimate of drug-likeness (QED) is 0.665. The Hall–Kier alpha value is 0.270. The average Bonchev–Trinajstić information content (AvgIpc) is 2.59. The van der Waals surface area contributed by atoms with Gasteiger partial charge in [0.15, 0.2) is 0 Å². The number of hydrogen-bond acceptors (Lipinski definition) is 3.